The largest absolute Gasteiger partial charge is 0.467 e. The van der Waals surface area contributed by atoms with E-state index in [4.69, 9.17) is 4.42 Å². The highest BCUT2D eigenvalue weighted by Crippen LogP contribution is 2.20. The van der Waals surface area contributed by atoms with Gasteiger partial charge in [-0.05, 0) is 49.7 Å². The summed E-state index contributed by atoms with van der Waals surface area (Å²) >= 11 is 0. The van der Waals surface area contributed by atoms with Gasteiger partial charge in [0.1, 0.15) is 17.6 Å². The molecule has 0 aliphatic carbocycles. The van der Waals surface area contributed by atoms with Crippen LogP contribution in [0.1, 0.15) is 28.8 Å². The number of amides is 2. The average Bonchev–Trinajstić information content (AvgIpc) is 3.25. The molecule has 0 saturated carbocycles. The van der Waals surface area contributed by atoms with E-state index in [2.05, 4.69) is 15.7 Å². The number of hydrogen-bond donors (Lipinski definition) is 2. The molecule has 2 amide bonds. The molecule has 3 aromatic rings. The van der Waals surface area contributed by atoms with Crippen LogP contribution in [-0.4, -0.2) is 22.4 Å². The van der Waals surface area contributed by atoms with Crippen molar-refractivity contribution >= 4 is 6.03 Å². The maximum absolute atomic E-state index is 12.9. The molecule has 1 atom stereocenters. The number of urea groups is 1. The second-order valence-electron chi connectivity index (χ2n) is 6.09. The lowest BCUT2D eigenvalue weighted by Crippen LogP contribution is -2.39. The van der Waals surface area contributed by atoms with E-state index in [0.29, 0.717) is 13.1 Å². The first-order valence-corrected chi connectivity index (χ1v) is 8.35. The van der Waals surface area contributed by atoms with Crippen molar-refractivity contribution in [1.29, 1.82) is 0 Å². The smallest absolute Gasteiger partial charge is 0.315 e. The maximum Gasteiger partial charge on any atom is 0.315 e. The fourth-order valence-electron chi connectivity index (χ4n) is 2.79. The molecule has 3 rings (SSSR count). The Hall–Kier alpha value is -3.09. The van der Waals surface area contributed by atoms with Gasteiger partial charge in [-0.2, -0.15) is 5.10 Å². The molecule has 1 aromatic carbocycles. The van der Waals surface area contributed by atoms with Crippen LogP contribution in [0.3, 0.4) is 0 Å². The molecular weight excluding hydrogens is 335 g/mol. The summed E-state index contributed by atoms with van der Waals surface area (Å²) in [5.74, 6) is 0.416. The highest BCUT2D eigenvalue weighted by atomic mass is 19.1. The summed E-state index contributed by atoms with van der Waals surface area (Å²) in [7, 11) is 0. The molecule has 0 spiro atoms. The van der Waals surface area contributed by atoms with E-state index >= 15 is 0 Å². The van der Waals surface area contributed by atoms with Crippen LogP contribution >= 0.6 is 0 Å². The summed E-state index contributed by atoms with van der Waals surface area (Å²) in [4.78, 5) is 12.1. The first-order valence-electron chi connectivity index (χ1n) is 8.35. The molecule has 2 N–H and O–H groups in total. The number of nitrogens with zero attached hydrogens (tertiary/aromatic N) is 2. The lowest BCUT2D eigenvalue weighted by Gasteiger charge is -2.18. The summed E-state index contributed by atoms with van der Waals surface area (Å²) < 4.78 is 20.3. The van der Waals surface area contributed by atoms with Gasteiger partial charge in [0.25, 0.3) is 0 Å². The molecule has 0 aliphatic heterocycles. The molecule has 0 aliphatic rings. The minimum Gasteiger partial charge on any atom is -0.467 e. The Morgan fingerprint density at radius 3 is 2.62 bits per heavy atom. The zero-order valence-corrected chi connectivity index (χ0v) is 14.7. The number of carbonyl (C=O) groups excluding carboxylic acids is 1. The van der Waals surface area contributed by atoms with Gasteiger partial charge in [0, 0.05) is 18.8 Å². The Morgan fingerprint density at radius 2 is 2.00 bits per heavy atom. The van der Waals surface area contributed by atoms with Crippen LogP contribution in [0.5, 0.6) is 0 Å². The fourth-order valence-corrected chi connectivity index (χ4v) is 2.79. The van der Waals surface area contributed by atoms with Crippen LogP contribution in [0.25, 0.3) is 0 Å². The maximum atomic E-state index is 12.9. The number of rotatable bonds is 6. The Morgan fingerprint density at radius 1 is 1.23 bits per heavy atom. The topological polar surface area (TPSA) is 72.1 Å². The van der Waals surface area contributed by atoms with Gasteiger partial charge in [-0.25, -0.2) is 9.18 Å². The molecule has 26 heavy (non-hydrogen) atoms. The van der Waals surface area contributed by atoms with Gasteiger partial charge in [-0.1, -0.05) is 12.1 Å². The number of aryl methyl sites for hydroxylation is 2. The Kier molecular flexibility index (Phi) is 5.36. The van der Waals surface area contributed by atoms with E-state index in [1.807, 2.05) is 36.7 Å². The lowest BCUT2D eigenvalue weighted by molar-refractivity contribution is 0.238. The fraction of sp³-hybridized carbons (Fsp3) is 0.263. The van der Waals surface area contributed by atoms with E-state index in [1.165, 1.54) is 12.1 Å². The number of hydrogen-bond acceptors (Lipinski definition) is 3. The average molecular weight is 356 g/mol. The quantitative estimate of drug-likeness (QED) is 0.712. The van der Waals surface area contributed by atoms with Crippen molar-refractivity contribution in [3.8, 4) is 0 Å². The molecular formula is C19H21FN4O2. The monoisotopic (exact) mass is 356 g/mol. The second kappa shape index (κ2) is 7.86. The van der Waals surface area contributed by atoms with Crippen LogP contribution in [0.15, 0.2) is 53.1 Å². The Balaban J connectivity index is 1.61. The van der Waals surface area contributed by atoms with E-state index < -0.39 is 0 Å². The SMILES string of the molecule is Cc1cc(C)n(C(CNC(=O)NCc2ccc(F)cc2)c2ccco2)n1. The van der Waals surface area contributed by atoms with Crippen molar-refractivity contribution in [1.82, 2.24) is 20.4 Å². The van der Waals surface area contributed by atoms with Crippen molar-refractivity contribution in [2.75, 3.05) is 6.54 Å². The third kappa shape index (κ3) is 4.30. The molecule has 7 heteroatoms. The van der Waals surface area contributed by atoms with E-state index in [9.17, 15) is 9.18 Å². The van der Waals surface area contributed by atoms with E-state index in [-0.39, 0.29) is 17.9 Å². The number of benzene rings is 1. The number of aromatic nitrogens is 2. The number of furan rings is 1. The summed E-state index contributed by atoms with van der Waals surface area (Å²) in [6, 6.07) is 11.1. The summed E-state index contributed by atoms with van der Waals surface area (Å²) in [5.41, 5.74) is 2.71. The van der Waals surface area contributed by atoms with Crippen molar-refractivity contribution in [2.24, 2.45) is 0 Å². The van der Waals surface area contributed by atoms with Gasteiger partial charge in [-0.3, -0.25) is 4.68 Å². The molecule has 2 aromatic heterocycles. The van der Waals surface area contributed by atoms with Crippen LogP contribution < -0.4 is 10.6 Å². The molecule has 0 bridgehead atoms. The minimum atomic E-state index is -0.313. The first kappa shape index (κ1) is 17.7. The minimum absolute atomic E-state index is 0.240. The van der Waals surface area contributed by atoms with Crippen LogP contribution in [0, 0.1) is 19.7 Å². The summed E-state index contributed by atoms with van der Waals surface area (Å²) in [6.45, 7) is 4.53. The highest BCUT2D eigenvalue weighted by molar-refractivity contribution is 5.73. The van der Waals surface area contributed by atoms with Crippen LogP contribution in [-0.2, 0) is 6.54 Å². The van der Waals surface area contributed by atoms with Crippen LogP contribution in [0.4, 0.5) is 9.18 Å². The molecule has 0 fully saturated rings. The van der Waals surface area contributed by atoms with Crippen molar-refractivity contribution in [3.63, 3.8) is 0 Å². The normalized spacial score (nSPS) is 12.0. The molecule has 2 heterocycles. The van der Waals surface area contributed by atoms with Gasteiger partial charge in [-0.15, -0.1) is 0 Å². The highest BCUT2D eigenvalue weighted by Gasteiger charge is 2.20. The van der Waals surface area contributed by atoms with Gasteiger partial charge in [0.2, 0.25) is 0 Å². The van der Waals surface area contributed by atoms with Gasteiger partial charge >= 0.3 is 6.03 Å². The van der Waals surface area contributed by atoms with Crippen LogP contribution in [0.2, 0.25) is 0 Å². The van der Waals surface area contributed by atoms with Gasteiger partial charge in [0.15, 0.2) is 0 Å². The molecule has 6 nitrogen and oxygen atoms in total. The molecule has 1 unspecified atom stereocenters. The number of nitrogens with one attached hydrogen (secondary N) is 2. The number of carbonyl (C=O) groups is 1. The third-order valence-electron chi connectivity index (χ3n) is 4.03. The standard InChI is InChI=1S/C19H21FN4O2/c1-13-10-14(2)24(23-13)17(18-4-3-9-26-18)12-22-19(25)21-11-15-5-7-16(20)8-6-15/h3-10,17H,11-12H2,1-2H3,(H2,21,22,25). The van der Waals surface area contributed by atoms with E-state index in [0.717, 1.165) is 22.7 Å². The summed E-state index contributed by atoms with van der Waals surface area (Å²) in [6.07, 6.45) is 1.60. The van der Waals surface area contributed by atoms with E-state index in [1.54, 1.807) is 18.4 Å². The first-order chi connectivity index (χ1) is 12.5. The molecule has 136 valence electrons. The predicted octanol–water partition coefficient (Wildman–Crippen LogP) is 3.32. The van der Waals surface area contributed by atoms with Crippen molar-refractivity contribution in [3.05, 3.63) is 77.3 Å². The van der Waals surface area contributed by atoms with Crippen molar-refractivity contribution in [2.45, 2.75) is 26.4 Å². The third-order valence-corrected chi connectivity index (χ3v) is 4.03. The zero-order valence-electron chi connectivity index (χ0n) is 14.7. The Labute approximate surface area is 151 Å². The Bertz CT molecular complexity index is 856. The summed E-state index contributed by atoms with van der Waals surface area (Å²) in [5, 5.41) is 10.1. The zero-order chi connectivity index (χ0) is 18.5. The van der Waals surface area contributed by atoms with Gasteiger partial charge in [0.05, 0.1) is 12.0 Å². The van der Waals surface area contributed by atoms with Gasteiger partial charge < -0.3 is 15.1 Å². The predicted molar refractivity (Wildman–Crippen MR) is 95.2 cm³/mol. The lowest BCUT2D eigenvalue weighted by atomic mass is 10.2. The molecule has 0 saturated heterocycles. The second-order valence-corrected chi connectivity index (χ2v) is 6.09. The van der Waals surface area contributed by atoms with Crippen molar-refractivity contribution < 1.29 is 13.6 Å². The molecule has 0 radical (unpaired) electrons. The number of halogens is 1.